The normalized spacial score (nSPS) is 17.4. The molecule has 1 heterocycles. The van der Waals surface area contributed by atoms with Crippen molar-refractivity contribution in [1.29, 1.82) is 0 Å². The highest BCUT2D eigenvalue weighted by Crippen LogP contribution is 2.37. The summed E-state index contributed by atoms with van der Waals surface area (Å²) in [7, 11) is 3.19. The minimum atomic E-state index is -0.153. The van der Waals surface area contributed by atoms with E-state index in [1.54, 1.807) is 31.3 Å². The third-order valence-corrected chi connectivity index (χ3v) is 5.32. The van der Waals surface area contributed by atoms with Crippen LogP contribution in [0.15, 0.2) is 46.3 Å². The Labute approximate surface area is 157 Å². The molecule has 26 heavy (non-hydrogen) atoms. The van der Waals surface area contributed by atoms with Crippen molar-refractivity contribution in [3.8, 4) is 11.5 Å². The number of ether oxygens (including phenoxy) is 1. The summed E-state index contributed by atoms with van der Waals surface area (Å²) in [6.45, 7) is 4.08. The first-order valence-corrected chi connectivity index (χ1v) is 8.92. The van der Waals surface area contributed by atoms with Gasteiger partial charge in [-0.05, 0) is 61.0 Å². The molecule has 0 unspecified atom stereocenters. The van der Waals surface area contributed by atoms with Crippen LogP contribution in [0.1, 0.15) is 16.7 Å². The van der Waals surface area contributed by atoms with Crippen LogP contribution >= 0.6 is 11.8 Å². The second-order valence-electron chi connectivity index (χ2n) is 6.04. The average Bonchev–Trinajstić information content (AvgIpc) is 2.88. The number of thioether (sulfide) groups is 1. The van der Waals surface area contributed by atoms with Crippen LogP contribution in [0.3, 0.4) is 0 Å². The number of likely N-dealkylation sites (N-methyl/N-ethyl adjacent to an activating group) is 1. The second-order valence-corrected chi connectivity index (χ2v) is 7.04. The molecule has 0 atom stereocenters. The number of phenolic OH excluding ortho intramolecular Hbond substituents is 1. The van der Waals surface area contributed by atoms with Crippen LogP contribution in [0.5, 0.6) is 11.5 Å². The van der Waals surface area contributed by atoms with Crippen LogP contribution in [-0.4, -0.2) is 35.2 Å². The van der Waals surface area contributed by atoms with Crippen LogP contribution < -0.4 is 4.74 Å². The Morgan fingerprint density at radius 1 is 1.19 bits per heavy atom. The van der Waals surface area contributed by atoms with Crippen molar-refractivity contribution in [2.45, 2.75) is 13.8 Å². The first kappa shape index (κ1) is 18.1. The van der Waals surface area contributed by atoms with Crippen molar-refractivity contribution in [1.82, 2.24) is 4.90 Å². The van der Waals surface area contributed by atoms with Crippen molar-refractivity contribution in [3.63, 3.8) is 0 Å². The average molecular weight is 368 g/mol. The number of phenols is 1. The van der Waals surface area contributed by atoms with Gasteiger partial charge in [-0.1, -0.05) is 18.2 Å². The molecule has 1 saturated heterocycles. The summed E-state index contributed by atoms with van der Waals surface area (Å²) in [6, 6.07) is 11.1. The summed E-state index contributed by atoms with van der Waals surface area (Å²) in [6.07, 6.45) is 1.66. The van der Waals surface area contributed by atoms with Crippen molar-refractivity contribution in [2.24, 2.45) is 4.99 Å². The van der Waals surface area contributed by atoms with Gasteiger partial charge in [0.1, 0.15) is 0 Å². The molecule has 0 bridgehead atoms. The van der Waals surface area contributed by atoms with E-state index in [0.29, 0.717) is 21.4 Å². The molecule has 1 amide bonds. The maximum absolute atomic E-state index is 12.5. The number of hydrogen-bond donors (Lipinski definition) is 1. The predicted molar refractivity (Wildman–Crippen MR) is 106 cm³/mol. The van der Waals surface area contributed by atoms with Gasteiger partial charge in [-0.3, -0.25) is 9.69 Å². The fraction of sp³-hybridized carbons (Fsp3) is 0.200. The van der Waals surface area contributed by atoms with Crippen LogP contribution in [0, 0.1) is 13.8 Å². The van der Waals surface area contributed by atoms with E-state index in [1.165, 1.54) is 29.3 Å². The minimum Gasteiger partial charge on any atom is -0.504 e. The number of aryl methyl sites for hydroxylation is 2. The van der Waals surface area contributed by atoms with Gasteiger partial charge in [0.2, 0.25) is 0 Å². The Balaban J connectivity index is 1.94. The molecule has 0 aliphatic carbocycles. The number of nitrogens with zero attached hydrogens (tertiary/aromatic N) is 2. The minimum absolute atomic E-state index is 0.0121. The van der Waals surface area contributed by atoms with Crippen LogP contribution in [0.4, 0.5) is 5.69 Å². The number of rotatable bonds is 3. The molecule has 2 aromatic rings. The Morgan fingerprint density at radius 2 is 1.96 bits per heavy atom. The first-order chi connectivity index (χ1) is 12.4. The molecule has 5 nitrogen and oxygen atoms in total. The first-order valence-electron chi connectivity index (χ1n) is 8.10. The number of aromatic hydroxyl groups is 1. The fourth-order valence-electron chi connectivity index (χ4n) is 2.52. The molecule has 0 saturated carbocycles. The standard InChI is InChI=1S/C20H20N2O3S/c1-12-8-9-15(10-13(12)2)21-20-22(3)19(24)17(26-20)11-14-6-5-7-16(25-4)18(14)23/h5-11,23H,1-4H3. The summed E-state index contributed by atoms with van der Waals surface area (Å²) in [5.41, 5.74) is 3.69. The number of benzene rings is 2. The van der Waals surface area contributed by atoms with E-state index in [-0.39, 0.29) is 11.7 Å². The summed E-state index contributed by atoms with van der Waals surface area (Å²) in [4.78, 5) is 19.2. The Hall–Kier alpha value is -2.73. The van der Waals surface area contributed by atoms with Gasteiger partial charge in [0.15, 0.2) is 16.7 Å². The smallest absolute Gasteiger partial charge is 0.266 e. The number of amides is 1. The lowest BCUT2D eigenvalue weighted by Crippen LogP contribution is -2.23. The fourth-order valence-corrected chi connectivity index (χ4v) is 3.50. The van der Waals surface area contributed by atoms with E-state index in [0.717, 1.165) is 11.3 Å². The quantitative estimate of drug-likeness (QED) is 0.823. The van der Waals surface area contributed by atoms with E-state index in [2.05, 4.69) is 4.99 Å². The van der Waals surface area contributed by atoms with Crippen molar-refractivity contribution < 1.29 is 14.6 Å². The van der Waals surface area contributed by atoms with Crippen molar-refractivity contribution in [3.05, 3.63) is 58.0 Å². The highest BCUT2D eigenvalue weighted by atomic mass is 32.2. The molecule has 134 valence electrons. The summed E-state index contributed by atoms with van der Waals surface area (Å²) < 4.78 is 5.11. The van der Waals surface area contributed by atoms with E-state index < -0.39 is 0 Å². The Morgan fingerprint density at radius 3 is 2.65 bits per heavy atom. The van der Waals surface area contributed by atoms with Gasteiger partial charge < -0.3 is 9.84 Å². The van der Waals surface area contributed by atoms with Crippen LogP contribution in [0.2, 0.25) is 0 Å². The van der Waals surface area contributed by atoms with Crippen molar-refractivity contribution >= 4 is 34.6 Å². The topological polar surface area (TPSA) is 62.1 Å². The molecule has 1 N–H and O–H groups in total. The zero-order valence-corrected chi connectivity index (χ0v) is 15.9. The zero-order chi connectivity index (χ0) is 18.8. The highest BCUT2D eigenvalue weighted by molar-refractivity contribution is 8.18. The molecule has 0 radical (unpaired) electrons. The number of para-hydroxylation sites is 1. The SMILES string of the molecule is COc1cccc(C=C2SC(=Nc3ccc(C)c(C)c3)N(C)C2=O)c1O. The van der Waals surface area contributed by atoms with Crippen molar-refractivity contribution in [2.75, 3.05) is 14.2 Å². The van der Waals surface area contributed by atoms with Gasteiger partial charge >= 0.3 is 0 Å². The number of carbonyl (C=O) groups excluding carboxylic acids is 1. The molecule has 2 aromatic carbocycles. The van der Waals surface area contributed by atoms with Gasteiger partial charge in [0, 0.05) is 12.6 Å². The molecule has 3 rings (SSSR count). The largest absolute Gasteiger partial charge is 0.504 e. The molecule has 1 aliphatic heterocycles. The lowest BCUT2D eigenvalue weighted by molar-refractivity contribution is -0.121. The number of amidine groups is 1. The third kappa shape index (κ3) is 3.46. The summed E-state index contributed by atoms with van der Waals surface area (Å²) >= 11 is 1.28. The third-order valence-electron chi connectivity index (χ3n) is 4.26. The second kappa shape index (κ2) is 7.25. The number of hydrogen-bond acceptors (Lipinski definition) is 5. The maximum atomic E-state index is 12.5. The summed E-state index contributed by atoms with van der Waals surface area (Å²) in [5, 5.41) is 10.8. The Bertz CT molecular complexity index is 935. The zero-order valence-electron chi connectivity index (χ0n) is 15.1. The van der Waals surface area contributed by atoms with E-state index in [1.807, 2.05) is 32.0 Å². The number of aliphatic imine (C=N–C) groups is 1. The molecular weight excluding hydrogens is 348 g/mol. The molecule has 0 spiro atoms. The lowest BCUT2D eigenvalue weighted by atomic mass is 10.1. The van der Waals surface area contributed by atoms with E-state index >= 15 is 0 Å². The van der Waals surface area contributed by atoms with Gasteiger partial charge in [-0.2, -0.15) is 0 Å². The number of methoxy groups -OCH3 is 1. The lowest BCUT2D eigenvalue weighted by Gasteiger charge is -2.08. The van der Waals surface area contributed by atoms with E-state index in [9.17, 15) is 9.90 Å². The molecular formula is C20H20N2O3S. The Kier molecular flexibility index (Phi) is 5.04. The number of carbonyl (C=O) groups is 1. The molecule has 0 aromatic heterocycles. The molecule has 6 heteroatoms. The molecule has 1 aliphatic rings. The summed E-state index contributed by atoms with van der Waals surface area (Å²) in [5.74, 6) is 0.227. The van der Waals surface area contributed by atoms with Crippen LogP contribution in [-0.2, 0) is 4.79 Å². The maximum Gasteiger partial charge on any atom is 0.266 e. The molecule has 1 fully saturated rings. The van der Waals surface area contributed by atoms with Crippen LogP contribution in [0.25, 0.3) is 6.08 Å². The van der Waals surface area contributed by atoms with Gasteiger partial charge in [0.25, 0.3) is 5.91 Å². The monoisotopic (exact) mass is 368 g/mol. The van der Waals surface area contributed by atoms with Gasteiger partial charge in [-0.15, -0.1) is 0 Å². The van der Waals surface area contributed by atoms with Gasteiger partial charge in [-0.25, -0.2) is 4.99 Å². The van der Waals surface area contributed by atoms with E-state index in [4.69, 9.17) is 4.74 Å². The van der Waals surface area contributed by atoms with Gasteiger partial charge in [0.05, 0.1) is 17.7 Å². The highest BCUT2D eigenvalue weighted by Gasteiger charge is 2.30. The predicted octanol–water partition coefficient (Wildman–Crippen LogP) is 4.25.